The van der Waals surface area contributed by atoms with Gasteiger partial charge in [0.1, 0.15) is 11.3 Å². The van der Waals surface area contributed by atoms with Gasteiger partial charge in [-0.2, -0.15) is 0 Å². The molecule has 0 bridgehead atoms. The molecule has 1 N–H and O–H groups in total. The van der Waals surface area contributed by atoms with Crippen LogP contribution in [0.15, 0.2) is 41.2 Å². The summed E-state index contributed by atoms with van der Waals surface area (Å²) in [5, 5.41) is 9.01. The van der Waals surface area contributed by atoms with Crippen molar-refractivity contribution in [1.82, 2.24) is 4.57 Å². The molecule has 1 heterocycles. The fraction of sp³-hybridized carbons (Fsp3) is 0.143. The fourth-order valence-corrected chi connectivity index (χ4v) is 1.91. The van der Waals surface area contributed by atoms with Crippen LogP contribution in [0.4, 0.5) is 0 Å². The van der Waals surface area contributed by atoms with E-state index in [0.29, 0.717) is 17.1 Å². The number of carboxylic acid groups (broad SMARTS) is 1. The predicted molar refractivity (Wildman–Crippen MR) is 70.3 cm³/mol. The van der Waals surface area contributed by atoms with Gasteiger partial charge >= 0.3 is 5.97 Å². The first kappa shape index (κ1) is 12.9. The normalized spacial score (nSPS) is 10.2. The van der Waals surface area contributed by atoms with E-state index < -0.39 is 11.5 Å². The van der Waals surface area contributed by atoms with Crippen LogP contribution in [0.5, 0.6) is 5.75 Å². The van der Waals surface area contributed by atoms with Crippen molar-refractivity contribution in [1.29, 1.82) is 0 Å². The highest BCUT2D eigenvalue weighted by molar-refractivity contribution is 5.87. The Labute approximate surface area is 109 Å². The molecule has 0 saturated heterocycles. The average molecular weight is 259 g/mol. The summed E-state index contributed by atoms with van der Waals surface area (Å²) in [6.07, 6.45) is 0. The molecule has 19 heavy (non-hydrogen) atoms. The molecule has 2 aromatic rings. The molecule has 0 amide bonds. The van der Waals surface area contributed by atoms with E-state index in [0.717, 1.165) is 0 Å². The molecular weight excluding hydrogens is 246 g/mol. The standard InChI is InChI=1S/C14H13NO4/c1-9-7-8-10(14(17)18)13(16)15(9)11-5-3-4-6-12(11)19-2/h3-8H,1-2H3,(H,17,18). The molecule has 0 aliphatic heterocycles. The first-order chi connectivity index (χ1) is 9.06. The number of methoxy groups -OCH3 is 1. The fourth-order valence-electron chi connectivity index (χ4n) is 1.91. The predicted octanol–water partition coefficient (Wildman–Crippen LogP) is 1.85. The zero-order valence-corrected chi connectivity index (χ0v) is 10.6. The van der Waals surface area contributed by atoms with Gasteiger partial charge in [0.15, 0.2) is 0 Å². The van der Waals surface area contributed by atoms with Gasteiger partial charge in [0.05, 0.1) is 12.8 Å². The topological polar surface area (TPSA) is 68.5 Å². The molecule has 1 aromatic heterocycles. The van der Waals surface area contributed by atoms with Crippen LogP contribution in [-0.2, 0) is 0 Å². The lowest BCUT2D eigenvalue weighted by Crippen LogP contribution is -2.26. The number of aromatic nitrogens is 1. The summed E-state index contributed by atoms with van der Waals surface area (Å²) in [6.45, 7) is 1.74. The third-order valence-corrected chi connectivity index (χ3v) is 2.83. The van der Waals surface area contributed by atoms with Crippen LogP contribution in [0.1, 0.15) is 16.1 Å². The Hall–Kier alpha value is -2.56. The highest BCUT2D eigenvalue weighted by atomic mass is 16.5. The van der Waals surface area contributed by atoms with E-state index in [1.54, 1.807) is 37.3 Å². The lowest BCUT2D eigenvalue weighted by molar-refractivity contribution is 0.0694. The summed E-state index contributed by atoms with van der Waals surface area (Å²) in [4.78, 5) is 23.3. The van der Waals surface area contributed by atoms with Gasteiger partial charge < -0.3 is 9.84 Å². The molecule has 0 atom stereocenters. The van der Waals surface area contributed by atoms with Crippen LogP contribution in [0, 0.1) is 6.92 Å². The van der Waals surface area contributed by atoms with E-state index in [4.69, 9.17) is 9.84 Å². The number of hydrogen-bond acceptors (Lipinski definition) is 3. The van der Waals surface area contributed by atoms with Gasteiger partial charge in [-0.05, 0) is 31.2 Å². The lowest BCUT2D eigenvalue weighted by atomic mass is 10.2. The van der Waals surface area contributed by atoms with Gasteiger partial charge in [-0.15, -0.1) is 0 Å². The number of nitrogens with zero attached hydrogens (tertiary/aromatic N) is 1. The molecule has 98 valence electrons. The Morgan fingerprint density at radius 3 is 2.53 bits per heavy atom. The molecule has 0 aliphatic rings. The minimum absolute atomic E-state index is 0.267. The van der Waals surface area contributed by atoms with E-state index in [1.165, 1.54) is 17.7 Å². The molecular formula is C14H13NO4. The summed E-state index contributed by atoms with van der Waals surface area (Å²) in [7, 11) is 1.50. The van der Waals surface area contributed by atoms with Gasteiger partial charge in [0.2, 0.25) is 0 Å². The largest absolute Gasteiger partial charge is 0.495 e. The van der Waals surface area contributed by atoms with Crippen molar-refractivity contribution in [2.45, 2.75) is 6.92 Å². The van der Waals surface area contributed by atoms with Crippen molar-refractivity contribution in [2.75, 3.05) is 7.11 Å². The summed E-state index contributed by atoms with van der Waals surface area (Å²) >= 11 is 0. The molecule has 0 aliphatic carbocycles. The second kappa shape index (κ2) is 4.97. The SMILES string of the molecule is COc1ccccc1-n1c(C)ccc(C(=O)O)c1=O. The van der Waals surface area contributed by atoms with Crippen molar-refractivity contribution >= 4 is 5.97 Å². The van der Waals surface area contributed by atoms with Crippen LogP contribution in [0.3, 0.4) is 0 Å². The molecule has 0 radical (unpaired) electrons. The Kier molecular flexibility index (Phi) is 3.37. The van der Waals surface area contributed by atoms with Crippen LogP contribution in [-0.4, -0.2) is 22.8 Å². The number of benzene rings is 1. The van der Waals surface area contributed by atoms with Crippen LogP contribution in [0.25, 0.3) is 5.69 Å². The minimum Gasteiger partial charge on any atom is -0.495 e. The highest BCUT2D eigenvalue weighted by Gasteiger charge is 2.15. The smallest absolute Gasteiger partial charge is 0.341 e. The minimum atomic E-state index is -1.24. The molecule has 0 fully saturated rings. The van der Waals surface area contributed by atoms with Gasteiger partial charge in [0.25, 0.3) is 5.56 Å². The van der Waals surface area contributed by atoms with Crippen LogP contribution in [0.2, 0.25) is 0 Å². The number of aryl methyl sites for hydroxylation is 1. The summed E-state index contributed by atoms with van der Waals surface area (Å²) in [6, 6.07) is 9.87. The van der Waals surface area contributed by atoms with Crippen LogP contribution < -0.4 is 10.3 Å². The first-order valence-corrected chi connectivity index (χ1v) is 5.65. The third kappa shape index (κ3) is 2.22. The van der Waals surface area contributed by atoms with Crippen LogP contribution >= 0.6 is 0 Å². The molecule has 0 spiro atoms. The Morgan fingerprint density at radius 1 is 1.21 bits per heavy atom. The summed E-state index contributed by atoms with van der Waals surface area (Å²) in [5.74, 6) is -0.733. The maximum atomic E-state index is 12.2. The second-order valence-corrected chi connectivity index (χ2v) is 4.01. The van der Waals surface area contributed by atoms with Gasteiger partial charge in [-0.25, -0.2) is 4.79 Å². The molecule has 5 heteroatoms. The third-order valence-electron chi connectivity index (χ3n) is 2.83. The zero-order valence-electron chi connectivity index (χ0n) is 10.6. The second-order valence-electron chi connectivity index (χ2n) is 4.01. The number of rotatable bonds is 3. The zero-order chi connectivity index (χ0) is 14.0. The summed E-state index contributed by atoms with van der Waals surface area (Å²) < 4.78 is 6.54. The molecule has 0 saturated carbocycles. The van der Waals surface area contributed by atoms with E-state index in [2.05, 4.69) is 0 Å². The Bertz CT molecular complexity index is 688. The van der Waals surface area contributed by atoms with Gasteiger partial charge in [-0.1, -0.05) is 12.1 Å². The Balaban J connectivity index is 2.79. The molecule has 1 aromatic carbocycles. The number of carbonyl (C=O) groups is 1. The van der Waals surface area contributed by atoms with Crippen molar-refractivity contribution in [2.24, 2.45) is 0 Å². The monoisotopic (exact) mass is 259 g/mol. The van der Waals surface area contributed by atoms with E-state index in [-0.39, 0.29) is 5.56 Å². The number of aromatic carboxylic acids is 1. The number of pyridine rings is 1. The summed E-state index contributed by atoms with van der Waals surface area (Å²) in [5.41, 5.74) is 0.323. The first-order valence-electron chi connectivity index (χ1n) is 5.65. The average Bonchev–Trinajstić information content (AvgIpc) is 2.39. The van der Waals surface area contributed by atoms with Gasteiger partial charge in [-0.3, -0.25) is 9.36 Å². The lowest BCUT2D eigenvalue weighted by Gasteiger charge is -2.14. The van der Waals surface area contributed by atoms with E-state index >= 15 is 0 Å². The van der Waals surface area contributed by atoms with E-state index in [9.17, 15) is 9.59 Å². The van der Waals surface area contributed by atoms with Crippen molar-refractivity contribution in [3.05, 3.63) is 58.0 Å². The highest BCUT2D eigenvalue weighted by Crippen LogP contribution is 2.21. The Morgan fingerprint density at radius 2 is 1.89 bits per heavy atom. The van der Waals surface area contributed by atoms with E-state index in [1.807, 2.05) is 0 Å². The van der Waals surface area contributed by atoms with Crippen molar-refractivity contribution in [3.63, 3.8) is 0 Å². The quantitative estimate of drug-likeness (QED) is 0.913. The molecule has 2 rings (SSSR count). The number of carboxylic acids is 1. The van der Waals surface area contributed by atoms with Crippen molar-refractivity contribution < 1.29 is 14.6 Å². The molecule has 0 unspecified atom stereocenters. The maximum Gasteiger partial charge on any atom is 0.341 e. The van der Waals surface area contributed by atoms with Gasteiger partial charge in [0, 0.05) is 5.69 Å². The van der Waals surface area contributed by atoms with Crippen molar-refractivity contribution in [3.8, 4) is 11.4 Å². The number of hydrogen-bond donors (Lipinski definition) is 1. The molecule has 5 nitrogen and oxygen atoms in total. The number of para-hydroxylation sites is 2. The maximum absolute atomic E-state index is 12.2. The number of ether oxygens (including phenoxy) is 1.